The predicted molar refractivity (Wildman–Crippen MR) is 79.9 cm³/mol. The second-order valence-electron chi connectivity index (χ2n) is 5.98. The third-order valence-corrected chi connectivity index (χ3v) is 4.35. The zero-order chi connectivity index (χ0) is 16.2. The molecule has 0 bridgehead atoms. The Bertz CT molecular complexity index is 584. The van der Waals surface area contributed by atoms with Crippen LogP contribution in [0.5, 0.6) is 0 Å². The molecule has 5 nitrogen and oxygen atoms in total. The molecule has 2 aliphatic rings. The van der Waals surface area contributed by atoms with Crippen molar-refractivity contribution in [2.75, 3.05) is 0 Å². The number of allylic oxidation sites excluding steroid dienone is 4. The number of hydrogen-bond acceptors (Lipinski definition) is 4. The molecular formula is C17H20O5. The smallest absolute Gasteiger partial charge is 0.303 e. The molecule has 0 aromatic carbocycles. The van der Waals surface area contributed by atoms with Crippen molar-refractivity contribution in [2.24, 2.45) is 0 Å². The zero-order valence-electron chi connectivity index (χ0n) is 12.4. The molecule has 0 heterocycles. The molecular weight excluding hydrogens is 284 g/mol. The highest BCUT2D eigenvalue weighted by atomic mass is 16.4. The van der Waals surface area contributed by atoms with Crippen LogP contribution in [0.15, 0.2) is 28.9 Å². The Kier molecular flexibility index (Phi) is 5.11. The fraction of sp³-hybridized carbons (Fsp3) is 0.529. The third-order valence-electron chi connectivity index (χ3n) is 4.35. The lowest BCUT2D eigenvalue weighted by Gasteiger charge is -2.32. The normalized spacial score (nSPS) is 20.7. The van der Waals surface area contributed by atoms with E-state index in [9.17, 15) is 19.5 Å². The van der Waals surface area contributed by atoms with Crippen molar-refractivity contribution in [1.82, 2.24) is 0 Å². The van der Waals surface area contributed by atoms with Crippen LogP contribution in [0.4, 0.5) is 0 Å². The second-order valence-corrected chi connectivity index (χ2v) is 5.98. The molecule has 0 spiro atoms. The van der Waals surface area contributed by atoms with Crippen molar-refractivity contribution in [1.29, 1.82) is 0 Å². The molecule has 118 valence electrons. The lowest BCUT2D eigenvalue weighted by Crippen LogP contribution is -2.42. The van der Waals surface area contributed by atoms with Crippen LogP contribution < -0.4 is 0 Å². The Hall–Kier alpha value is -1.97. The molecule has 5 heteroatoms. The van der Waals surface area contributed by atoms with E-state index in [4.69, 9.17) is 5.11 Å². The first-order valence-electron chi connectivity index (χ1n) is 7.59. The molecule has 2 N–H and O–H groups in total. The van der Waals surface area contributed by atoms with E-state index < -0.39 is 17.4 Å². The molecule has 1 fully saturated rings. The second kappa shape index (κ2) is 6.86. The first kappa shape index (κ1) is 16.4. The maximum Gasteiger partial charge on any atom is 0.303 e. The molecule has 22 heavy (non-hydrogen) atoms. The van der Waals surface area contributed by atoms with Gasteiger partial charge >= 0.3 is 5.97 Å². The number of carboxylic acids is 1. The van der Waals surface area contributed by atoms with Gasteiger partial charge in [-0.15, -0.1) is 0 Å². The molecule has 0 radical (unpaired) electrons. The average molecular weight is 304 g/mol. The van der Waals surface area contributed by atoms with Gasteiger partial charge in [0.15, 0.2) is 5.78 Å². The van der Waals surface area contributed by atoms with E-state index in [1.54, 1.807) is 12.0 Å². The molecule has 1 saturated carbocycles. The fourth-order valence-electron chi connectivity index (χ4n) is 3.04. The number of aliphatic hydroxyl groups is 1. The van der Waals surface area contributed by atoms with Gasteiger partial charge in [0.25, 0.3) is 0 Å². The van der Waals surface area contributed by atoms with Crippen molar-refractivity contribution >= 4 is 17.7 Å². The van der Waals surface area contributed by atoms with Crippen LogP contribution >= 0.6 is 0 Å². The molecule has 0 atom stereocenters. The number of carbonyl (C=O) groups excluding carboxylic acids is 2. The maximum absolute atomic E-state index is 12.6. The Morgan fingerprint density at radius 3 is 2.45 bits per heavy atom. The quantitative estimate of drug-likeness (QED) is 0.759. The molecule has 2 rings (SSSR count). The van der Waals surface area contributed by atoms with Crippen molar-refractivity contribution < 1.29 is 24.6 Å². The van der Waals surface area contributed by atoms with E-state index in [-0.39, 0.29) is 24.0 Å². The molecule has 0 aliphatic heterocycles. The van der Waals surface area contributed by atoms with Gasteiger partial charge in [-0.05, 0) is 19.3 Å². The highest BCUT2D eigenvalue weighted by Gasteiger charge is 2.40. The Labute approximate surface area is 129 Å². The van der Waals surface area contributed by atoms with Crippen molar-refractivity contribution in [3.05, 3.63) is 28.9 Å². The van der Waals surface area contributed by atoms with Crippen LogP contribution in [0.2, 0.25) is 0 Å². The summed E-state index contributed by atoms with van der Waals surface area (Å²) < 4.78 is 0. The summed E-state index contributed by atoms with van der Waals surface area (Å²) >= 11 is 0. The minimum atomic E-state index is -1.38. The van der Waals surface area contributed by atoms with Gasteiger partial charge in [-0.1, -0.05) is 37.0 Å². The van der Waals surface area contributed by atoms with Gasteiger partial charge in [0, 0.05) is 18.4 Å². The number of ketones is 1. The van der Waals surface area contributed by atoms with E-state index in [1.165, 1.54) is 6.08 Å². The number of Topliss-reactive ketones (excluding diaryl/α,β-unsaturated/α-hetero) is 1. The summed E-state index contributed by atoms with van der Waals surface area (Å²) in [6.07, 6.45) is 7.20. The summed E-state index contributed by atoms with van der Waals surface area (Å²) in [5.74, 6) is 0.481. The minimum Gasteiger partial charge on any atom is -0.481 e. The molecule has 2 aliphatic carbocycles. The van der Waals surface area contributed by atoms with E-state index in [2.05, 4.69) is 0 Å². The molecule has 0 saturated heterocycles. The largest absolute Gasteiger partial charge is 0.481 e. The molecule has 0 amide bonds. The fourth-order valence-corrected chi connectivity index (χ4v) is 3.04. The maximum atomic E-state index is 12.6. The molecule has 0 aromatic heterocycles. The van der Waals surface area contributed by atoms with Gasteiger partial charge in [-0.25, -0.2) is 4.79 Å². The van der Waals surface area contributed by atoms with Crippen LogP contribution in [0.1, 0.15) is 51.4 Å². The summed E-state index contributed by atoms with van der Waals surface area (Å²) in [6.45, 7) is 0. The highest BCUT2D eigenvalue weighted by Crippen LogP contribution is 2.35. The lowest BCUT2D eigenvalue weighted by molar-refractivity contribution is -0.137. The summed E-state index contributed by atoms with van der Waals surface area (Å²) in [5, 5.41) is 19.2. The first-order chi connectivity index (χ1) is 10.5. The standard InChI is InChI=1S/C17H20O5/c18-11-13-10-12(5-7-15(19)20)4-6-14(13)16(21)17(22)8-2-1-3-9-17/h4,6,22H,1-3,5,7-10H2,(H,19,20). The Morgan fingerprint density at radius 1 is 1.18 bits per heavy atom. The third kappa shape index (κ3) is 3.62. The molecule has 0 aromatic rings. The van der Waals surface area contributed by atoms with Gasteiger partial charge in [0.05, 0.1) is 5.57 Å². The minimum absolute atomic E-state index is 0.0149. The number of rotatable bonds is 5. The number of carbonyl (C=O) groups is 2. The lowest BCUT2D eigenvalue weighted by atomic mass is 9.76. The van der Waals surface area contributed by atoms with E-state index >= 15 is 0 Å². The van der Waals surface area contributed by atoms with Gasteiger partial charge < -0.3 is 10.2 Å². The monoisotopic (exact) mass is 304 g/mol. The highest BCUT2D eigenvalue weighted by molar-refractivity contribution is 6.07. The summed E-state index contributed by atoms with van der Waals surface area (Å²) in [4.78, 5) is 34.3. The first-order valence-corrected chi connectivity index (χ1v) is 7.59. The Morgan fingerprint density at radius 2 is 1.86 bits per heavy atom. The SMILES string of the molecule is O=C=C1CC(CCC(=O)O)=CC=C1C(=O)C1(O)CCCCC1. The molecule has 0 unspecified atom stereocenters. The topological polar surface area (TPSA) is 91.7 Å². The van der Waals surface area contributed by atoms with Crippen molar-refractivity contribution in [3.63, 3.8) is 0 Å². The van der Waals surface area contributed by atoms with Crippen LogP contribution in [0.25, 0.3) is 0 Å². The summed E-state index contributed by atoms with van der Waals surface area (Å²) in [6, 6.07) is 0. The van der Waals surface area contributed by atoms with Crippen LogP contribution in [0.3, 0.4) is 0 Å². The summed E-state index contributed by atoms with van der Waals surface area (Å²) in [7, 11) is 0. The zero-order valence-corrected chi connectivity index (χ0v) is 12.4. The van der Waals surface area contributed by atoms with Crippen LogP contribution in [-0.4, -0.2) is 33.5 Å². The van der Waals surface area contributed by atoms with E-state index in [0.717, 1.165) is 24.8 Å². The average Bonchev–Trinajstić information content (AvgIpc) is 2.52. The van der Waals surface area contributed by atoms with Gasteiger partial charge in [-0.3, -0.25) is 9.59 Å². The number of aliphatic carboxylic acids is 1. The Balaban J connectivity index is 2.19. The van der Waals surface area contributed by atoms with Crippen molar-refractivity contribution in [3.8, 4) is 0 Å². The number of carboxylic acid groups (broad SMARTS) is 1. The van der Waals surface area contributed by atoms with Gasteiger partial charge in [-0.2, -0.15) is 0 Å². The number of hydrogen-bond donors (Lipinski definition) is 2. The van der Waals surface area contributed by atoms with E-state index in [0.29, 0.717) is 19.3 Å². The predicted octanol–water partition coefficient (Wildman–Crippen LogP) is 2.13. The van der Waals surface area contributed by atoms with Gasteiger partial charge in [0.2, 0.25) is 0 Å². The van der Waals surface area contributed by atoms with Gasteiger partial charge in [0.1, 0.15) is 11.5 Å². The van der Waals surface area contributed by atoms with Crippen LogP contribution in [0, 0.1) is 0 Å². The summed E-state index contributed by atoms with van der Waals surface area (Å²) in [5.41, 5.74) is -0.156. The van der Waals surface area contributed by atoms with Crippen LogP contribution in [-0.2, 0) is 14.4 Å². The van der Waals surface area contributed by atoms with Crippen molar-refractivity contribution in [2.45, 2.75) is 57.0 Å². The van der Waals surface area contributed by atoms with E-state index in [1.807, 2.05) is 0 Å².